The number of benzene rings is 1. The van der Waals surface area contributed by atoms with E-state index in [4.69, 9.17) is 9.72 Å². The van der Waals surface area contributed by atoms with Gasteiger partial charge >= 0.3 is 0 Å². The molecule has 1 aliphatic rings. The van der Waals surface area contributed by atoms with E-state index in [2.05, 4.69) is 30.7 Å². The van der Waals surface area contributed by atoms with Gasteiger partial charge in [-0.2, -0.15) is 0 Å². The first kappa shape index (κ1) is 20.0. The lowest BCUT2D eigenvalue weighted by Crippen LogP contribution is -2.29. The second-order valence-corrected chi connectivity index (χ2v) is 7.29. The van der Waals surface area contributed by atoms with Crippen LogP contribution in [-0.2, 0) is 17.7 Å². The van der Waals surface area contributed by atoms with Crippen molar-refractivity contribution in [1.82, 2.24) is 9.55 Å². The molecule has 5 heteroatoms. The fourth-order valence-electron chi connectivity index (χ4n) is 3.36. The Morgan fingerprint density at radius 2 is 2.25 bits per heavy atom. The number of aliphatic imine (C=N–C) groups is 1. The first-order valence-corrected chi connectivity index (χ1v) is 9.73. The molecule has 28 heavy (non-hydrogen) atoms. The highest BCUT2D eigenvalue weighted by molar-refractivity contribution is 6.09. The molecular formula is C23H27N3O2. The van der Waals surface area contributed by atoms with E-state index in [-0.39, 0.29) is 11.2 Å². The van der Waals surface area contributed by atoms with Crippen molar-refractivity contribution in [3.05, 3.63) is 52.1 Å². The monoisotopic (exact) mass is 377 g/mol. The highest BCUT2D eigenvalue weighted by Gasteiger charge is 2.28. The lowest BCUT2D eigenvalue weighted by molar-refractivity contribution is -0.00757. The molecule has 0 fully saturated rings. The molecule has 1 atom stereocenters. The summed E-state index contributed by atoms with van der Waals surface area (Å²) in [6.07, 6.45) is 7.27. The topological polar surface area (TPSA) is 56.5 Å². The van der Waals surface area contributed by atoms with E-state index in [0.29, 0.717) is 17.4 Å². The van der Waals surface area contributed by atoms with Crippen LogP contribution in [0.4, 0.5) is 0 Å². The lowest BCUT2D eigenvalue weighted by Gasteiger charge is -2.25. The minimum atomic E-state index is -0.217. The van der Waals surface area contributed by atoms with Crippen molar-refractivity contribution in [1.29, 1.82) is 0 Å². The first-order chi connectivity index (χ1) is 13.5. The molecule has 2 aromatic rings. The summed E-state index contributed by atoms with van der Waals surface area (Å²) in [6, 6.07) is 5.59. The standard InChI is InChI=1S/C23H27N3O2/c1-5-6-7-18(24-3)10-8-17-9-11-19-20(16-17)25-21-12-13-23(2,28-4)14-15-26(21)22(19)27/h6-7,9,11,16H,5,12-15H2,1-4H3/b7-6-,24-18?. The molecule has 0 saturated heterocycles. The van der Waals surface area contributed by atoms with E-state index in [9.17, 15) is 4.79 Å². The van der Waals surface area contributed by atoms with Gasteiger partial charge in [0.25, 0.3) is 5.56 Å². The average Bonchev–Trinajstić information content (AvgIpc) is 2.88. The van der Waals surface area contributed by atoms with Crippen LogP contribution in [0.1, 0.15) is 44.5 Å². The van der Waals surface area contributed by atoms with Gasteiger partial charge in [-0.15, -0.1) is 0 Å². The molecule has 0 aliphatic carbocycles. The summed E-state index contributed by atoms with van der Waals surface area (Å²) in [5.74, 6) is 7.03. The maximum absolute atomic E-state index is 13.0. The van der Waals surface area contributed by atoms with Gasteiger partial charge in [-0.05, 0) is 56.4 Å². The summed E-state index contributed by atoms with van der Waals surface area (Å²) < 4.78 is 7.46. The number of aryl methyl sites for hydroxylation is 1. The molecule has 146 valence electrons. The number of allylic oxidation sites excluding steroid dienone is 2. The van der Waals surface area contributed by atoms with E-state index in [1.165, 1.54) is 0 Å². The molecule has 1 unspecified atom stereocenters. The van der Waals surface area contributed by atoms with Gasteiger partial charge < -0.3 is 4.74 Å². The van der Waals surface area contributed by atoms with E-state index in [1.807, 2.05) is 30.4 Å². The SMILES string of the molecule is CC/C=C\C(C#Cc1ccc2c(=O)n3c(nc2c1)CCC(C)(OC)CC3)=NC. The largest absolute Gasteiger partial charge is 0.378 e. The summed E-state index contributed by atoms with van der Waals surface area (Å²) >= 11 is 0. The van der Waals surface area contributed by atoms with Gasteiger partial charge in [0.1, 0.15) is 11.5 Å². The fraction of sp³-hybridized carbons (Fsp3) is 0.435. The number of ether oxygens (including phenoxy) is 1. The van der Waals surface area contributed by atoms with Gasteiger partial charge in [0.15, 0.2) is 0 Å². The van der Waals surface area contributed by atoms with Crippen LogP contribution in [-0.4, -0.2) is 35.0 Å². The predicted molar refractivity (Wildman–Crippen MR) is 114 cm³/mol. The molecule has 1 aromatic carbocycles. The van der Waals surface area contributed by atoms with Crippen molar-refractivity contribution < 1.29 is 4.74 Å². The third-order valence-electron chi connectivity index (χ3n) is 5.36. The summed E-state index contributed by atoms with van der Waals surface area (Å²) in [7, 11) is 3.47. The van der Waals surface area contributed by atoms with Crippen LogP contribution in [0.15, 0.2) is 40.1 Å². The molecule has 0 spiro atoms. The van der Waals surface area contributed by atoms with Crippen LogP contribution in [0.25, 0.3) is 10.9 Å². The maximum Gasteiger partial charge on any atom is 0.261 e. The first-order valence-electron chi connectivity index (χ1n) is 9.73. The molecule has 0 saturated carbocycles. The summed E-state index contributed by atoms with van der Waals surface area (Å²) in [5.41, 5.74) is 2.05. The number of aromatic nitrogens is 2. The molecule has 1 aliphatic heterocycles. The zero-order valence-corrected chi connectivity index (χ0v) is 17.1. The van der Waals surface area contributed by atoms with Crippen molar-refractivity contribution in [3.8, 4) is 11.8 Å². The van der Waals surface area contributed by atoms with Crippen molar-refractivity contribution in [2.75, 3.05) is 14.2 Å². The maximum atomic E-state index is 13.0. The van der Waals surface area contributed by atoms with Gasteiger partial charge in [-0.1, -0.05) is 18.9 Å². The Morgan fingerprint density at radius 3 is 2.96 bits per heavy atom. The van der Waals surface area contributed by atoms with Crippen LogP contribution < -0.4 is 5.56 Å². The Labute approximate surface area is 166 Å². The second kappa shape index (κ2) is 8.53. The van der Waals surface area contributed by atoms with Crippen LogP contribution in [0.2, 0.25) is 0 Å². The Kier molecular flexibility index (Phi) is 6.11. The Balaban J connectivity index is 1.99. The summed E-state index contributed by atoms with van der Waals surface area (Å²) in [5, 5.41) is 0.630. The summed E-state index contributed by atoms with van der Waals surface area (Å²) in [6.45, 7) is 4.79. The molecule has 0 bridgehead atoms. The molecule has 0 N–H and O–H groups in total. The molecule has 0 amide bonds. The van der Waals surface area contributed by atoms with E-state index in [1.54, 1.807) is 18.7 Å². The number of hydrogen-bond acceptors (Lipinski definition) is 4. The van der Waals surface area contributed by atoms with Crippen molar-refractivity contribution in [2.45, 2.75) is 51.7 Å². The van der Waals surface area contributed by atoms with Gasteiger partial charge in [0.2, 0.25) is 0 Å². The van der Waals surface area contributed by atoms with Crippen LogP contribution in [0.5, 0.6) is 0 Å². The highest BCUT2D eigenvalue weighted by Crippen LogP contribution is 2.26. The minimum absolute atomic E-state index is 0.0153. The van der Waals surface area contributed by atoms with Crippen LogP contribution in [0, 0.1) is 11.8 Å². The fourth-order valence-corrected chi connectivity index (χ4v) is 3.36. The third-order valence-corrected chi connectivity index (χ3v) is 5.36. The van der Waals surface area contributed by atoms with Gasteiger partial charge in [0, 0.05) is 32.7 Å². The highest BCUT2D eigenvalue weighted by atomic mass is 16.5. The third kappa shape index (κ3) is 4.23. The van der Waals surface area contributed by atoms with Crippen molar-refractivity contribution in [2.24, 2.45) is 4.99 Å². The Hall–Kier alpha value is -2.71. The van der Waals surface area contributed by atoms with Crippen LogP contribution >= 0.6 is 0 Å². The smallest absolute Gasteiger partial charge is 0.261 e. The second-order valence-electron chi connectivity index (χ2n) is 7.29. The molecule has 0 radical (unpaired) electrons. The normalized spacial score (nSPS) is 19.9. The number of hydrogen-bond donors (Lipinski definition) is 0. The zero-order valence-electron chi connectivity index (χ0n) is 17.1. The summed E-state index contributed by atoms with van der Waals surface area (Å²) in [4.78, 5) is 22.0. The van der Waals surface area contributed by atoms with E-state index >= 15 is 0 Å². The lowest BCUT2D eigenvalue weighted by atomic mass is 9.97. The average molecular weight is 377 g/mol. The van der Waals surface area contributed by atoms with E-state index < -0.39 is 0 Å². The molecule has 5 nitrogen and oxygen atoms in total. The predicted octanol–water partition coefficient (Wildman–Crippen LogP) is 3.53. The molecule has 2 heterocycles. The van der Waals surface area contributed by atoms with Crippen molar-refractivity contribution >= 4 is 16.6 Å². The quantitative estimate of drug-likeness (QED) is 0.607. The number of methoxy groups -OCH3 is 1. The van der Waals surface area contributed by atoms with Gasteiger partial charge in [0.05, 0.1) is 16.5 Å². The molecule has 1 aromatic heterocycles. The Bertz CT molecular complexity index is 1050. The van der Waals surface area contributed by atoms with Crippen molar-refractivity contribution in [3.63, 3.8) is 0 Å². The Morgan fingerprint density at radius 1 is 1.43 bits per heavy atom. The van der Waals surface area contributed by atoms with E-state index in [0.717, 1.165) is 42.8 Å². The zero-order chi connectivity index (χ0) is 20.1. The number of fused-ring (bicyclic) bond motifs is 2. The number of rotatable bonds is 3. The van der Waals surface area contributed by atoms with Gasteiger partial charge in [-0.3, -0.25) is 14.4 Å². The molecule has 3 rings (SSSR count). The minimum Gasteiger partial charge on any atom is -0.378 e. The number of nitrogens with zero attached hydrogens (tertiary/aromatic N) is 3. The van der Waals surface area contributed by atoms with Gasteiger partial charge in [-0.25, -0.2) is 4.98 Å². The van der Waals surface area contributed by atoms with Crippen LogP contribution in [0.3, 0.4) is 0 Å². The molecular weight excluding hydrogens is 350 g/mol.